The van der Waals surface area contributed by atoms with Crippen LogP contribution in [0.4, 0.5) is 0 Å². The molecule has 21 heavy (non-hydrogen) atoms. The van der Waals surface area contributed by atoms with E-state index in [-0.39, 0.29) is 0 Å². The van der Waals surface area contributed by atoms with Crippen LogP contribution in [0.15, 0.2) is 24.3 Å². The van der Waals surface area contributed by atoms with Crippen LogP contribution in [0.5, 0.6) is 0 Å². The Kier molecular flexibility index (Phi) is 4.94. The maximum Gasteiger partial charge on any atom is 0.0622 e. The first kappa shape index (κ1) is 15.0. The lowest BCUT2D eigenvalue weighted by atomic mass is 9.82. The van der Waals surface area contributed by atoms with Crippen LogP contribution in [0, 0.1) is 0 Å². The second-order valence-corrected chi connectivity index (χ2v) is 6.42. The average Bonchev–Trinajstić information content (AvgIpc) is 3.06. The van der Waals surface area contributed by atoms with E-state index < -0.39 is 0 Å². The van der Waals surface area contributed by atoms with Gasteiger partial charge in [0, 0.05) is 24.7 Å². The van der Waals surface area contributed by atoms with Gasteiger partial charge in [0.05, 0.1) is 6.61 Å². The van der Waals surface area contributed by atoms with Crippen LogP contribution in [-0.4, -0.2) is 43.8 Å². The number of aryl methyl sites for hydroxylation is 1. The Labute approximate surface area is 128 Å². The van der Waals surface area contributed by atoms with Crippen LogP contribution >= 0.6 is 0 Å². The van der Waals surface area contributed by atoms with Crippen LogP contribution in [0.3, 0.4) is 0 Å². The minimum absolute atomic E-state index is 0.459. The molecule has 1 heterocycles. The van der Waals surface area contributed by atoms with Crippen LogP contribution in [0.2, 0.25) is 0 Å². The summed E-state index contributed by atoms with van der Waals surface area (Å²) in [7, 11) is 2.29. The number of rotatable bonds is 5. The highest BCUT2D eigenvalue weighted by molar-refractivity contribution is 5.34. The number of hydrogen-bond acceptors (Lipinski definition) is 3. The molecule has 1 saturated heterocycles. The lowest BCUT2D eigenvalue weighted by molar-refractivity contribution is 0.103. The number of nitrogens with zero attached hydrogens (tertiary/aromatic N) is 1. The molecular formula is C18H28N2O. The van der Waals surface area contributed by atoms with Gasteiger partial charge in [-0.1, -0.05) is 31.2 Å². The van der Waals surface area contributed by atoms with Crippen molar-refractivity contribution in [3.05, 3.63) is 35.4 Å². The molecule has 0 saturated carbocycles. The van der Waals surface area contributed by atoms with Crippen molar-refractivity contribution >= 4 is 0 Å². The fourth-order valence-electron chi connectivity index (χ4n) is 3.84. The van der Waals surface area contributed by atoms with Gasteiger partial charge in [0.25, 0.3) is 0 Å². The van der Waals surface area contributed by atoms with Crippen molar-refractivity contribution < 1.29 is 4.74 Å². The van der Waals surface area contributed by atoms with Gasteiger partial charge in [-0.15, -0.1) is 0 Å². The molecule has 3 rings (SSSR count). The van der Waals surface area contributed by atoms with E-state index in [0.29, 0.717) is 18.1 Å². The third-order valence-electron chi connectivity index (χ3n) is 5.10. The summed E-state index contributed by atoms with van der Waals surface area (Å²) in [6, 6.07) is 10.6. The molecule has 0 radical (unpaired) electrons. The number of nitrogens with one attached hydrogen (secondary N) is 1. The molecule has 2 aliphatic rings. The van der Waals surface area contributed by atoms with Gasteiger partial charge in [0.15, 0.2) is 0 Å². The molecule has 3 unspecified atom stereocenters. The zero-order valence-electron chi connectivity index (χ0n) is 13.3. The molecule has 1 aliphatic carbocycles. The van der Waals surface area contributed by atoms with Gasteiger partial charge in [0.1, 0.15) is 0 Å². The van der Waals surface area contributed by atoms with E-state index >= 15 is 0 Å². The predicted molar refractivity (Wildman–Crippen MR) is 86.6 cm³/mol. The van der Waals surface area contributed by atoms with E-state index in [9.17, 15) is 0 Å². The zero-order chi connectivity index (χ0) is 14.7. The first-order valence-corrected chi connectivity index (χ1v) is 8.42. The summed E-state index contributed by atoms with van der Waals surface area (Å²) < 4.78 is 5.59. The van der Waals surface area contributed by atoms with Crippen molar-refractivity contribution in [2.24, 2.45) is 0 Å². The Morgan fingerprint density at radius 3 is 2.90 bits per heavy atom. The van der Waals surface area contributed by atoms with E-state index in [1.165, 1.54) is 36.8 Å². The van der Waals surface area contributed by atoms with Crippen molar-refractivity contribution in [1.29, 1.82) is 0 Å². The Hall–Kier alpha value is -0.900. The fraction of sp³-hybridized carbons (Fsp3) is 0.667. The molecule has 1 N–H and O–H groups in total. The number of benzene rings is 1. The fourth-order valence-corrected chi connectivity index (χ4v) is 3.84. The average molecular weight is 288 g/mol. The summed E-state index contributed by atoms with van der Waals surface area (Å²) in [6.45, 7) is 5.15. The molecule has 3 nitrogen and oxygen atoms in total. The van der Waals surface area contributed by atoms with Crippen LogP contribution < -0.4 is 5.32 Å². The number of ether oxygens (including phenoxy) is 1. The molecule has 0 bridgehead atoms. The maximum absolute atomic E-state index is 5.59. The van der Waals surface area contributed by atoms with Gasteiger partial charge in [-0.3, -0.25) is 4.90 Å². The Morgan fingerprint density at radius 1 is 1.29 bits per heavy atom. The second-order valence-electron chi connectivity index (χ2n) is 6.42. The summed E-state index contributed by atoms with van der Waals surface area (Å²) in [5.74, 6) is 0. The summed E-state index contributed by atoms with van der Waals surface area (Å²) in [5.41, 5.74) is 3.03. The smallest absolute Gasteiger partial charge is 0.0622 e. The highest BCUT2D eigenvalue weighted by Crippen LogP contribution is 2.34. The van der Waals surface area contributed by atoms with Crippen molar-refractivity contribution in [1.82, 2.24) is 10.2 Å². The quantitative estimate of drug-likeness (QED) is 0.901. The van der Waals surface area contributed by atoms with Gasteiger partial charge < -0.3 is 10.1 Å². The molecule has 0 aromatic heterocycles. The third kappa shape index (κ3) is 3.15. The SMILES string of the molecule is CCCNC1c2ccccc2CCC1N(C)C1CCOC1. The lowest BCUT2D eigenvalue weighted by Crippen LogP contribution is -2.49. The predicted octanol–water partition coefficient (Wildman–Crippen LogP) is 2.76. The molecule has 1 aliphatic heterocycles. The molecular weight excluding hydrogens is 260 g/mol. The Balaban J connectivity index is 1.81. The summed E-state index contributed by atoms with van der Waals surface area (Å²) >= 11 is 0. The monoisotopic (exact) mass is 288 g/mol. The normalized spacial score (nSPS) is 28.8. The van der Waals surface area contributed by atoms with E-state index in [1.54, 1.807) is 0 Å². The number of hydrogen-bond donors (Lipinski definition) is 1. The second kappa shape index (κ2) is 6.91. The van der Waals surface area contributed by atoms with Gasteiger partial charge in [-0.05, 0) is 50.4 Å². The van der Waals surface area contributed by atoms with Crippen LogP contribution in [0.1, 0.15) is 43.4 Å². The van der Waals surface area contributed by atoms with E-state index in [2.05, 4.69) is 48.5 Å². The minimum atomic E-state index is 0.459. The van der Waals surface area contributed by atoms with Gasteiger partial charge >= 0.3 is 0 Å². The van der Waals surface area contributed by atoms with Crippen molar-refractivity contribution in [3.8, 4) is 0 Å². The maximum atomic E-state index is 5.59. The van der Waals surface area contributed by atoms with Gasteiger partial charge in [-0.2, -0.15) is 0 Å². The molecule has 0 amide bonds. The van der Waals surface area contributed by atoms with Crippen LogP contribution in [-0.2, 0) is 11.2 Å². The summed E-state index contributed by atoms with van der Waals surface area (Å²) in [5, 5.41) is 3.80. The Bertz CT molecular complexity index is 456. The summed E-state index contributed by atoms with van der Waals surface area (Å²) in [4.78, 5) is 2.58. The zero-order valence-corrected chi connectivity index (χ0v) is 13.3. The first-order chi connectivity index (χ1) is 10.3. The third-order valence-corrected chi connectivity index (χ3v) is 5.10. The van der Waals surface area contributed by atoms with Crippen molar-refractivity contribution in [3.63, 3.8) is 0 Å². The molecule has 1 aromatic carbocycles. The highest BCUT2D eigenvalue weighted by Gasteiger charge is 2.35. The molecule has 3 atom stereocenters. The standard InChI is InChI=1S/C18H28N2O/c1-3-11-19-18-16-7-5-4-6-14(16)8-9-17(18)20(2)15-10-12-21-13-15/h4-7,15,17-19H,3,8-13H2,1-2H3. The van der Waals surface area contributed by atoms with Gasteiger partial charge in [-0.25, -0.2) is 0 Å². The van der Waals surface area contributed by atoms with E-state index in [4.69, 9.17) is 4.74 Å². The van der Waals surface area contributed by atoms with Crippen molar-refractivity contribution in [2.45, 2.75) is 50.7 Å². The molecule has 1 aromatic rings. The molecule has 0 spiro atoms. The largest absolute Gasteiger partial charge is 0.380 e. The first-order valence-electron chi connectivity index (χ1n) is 8.42. The van der Waals surface area contributed by atoms with Crippen LogP contribution in [0.25, 0.3) is 0 Å². The molecule has 1 fully saturated rings. The highest BCUT2D eigenvalue weighted by atomic mass is 16.5. The molecule has 116 valence electrons. The number of likely N-dealkylation sites (N-methyl/N-ethyl adjacent to an activating group) is 1. The van der Waals surface area contributed by atoms with E-state index in [1.807, 2.05) is 0 Å². The van der Waals surface area contributed by atoms with Crippen molar-refractivity contribution in [2.75, 3.05) is 26.8 Å². The summed E-state index contributed by atoms with van der Waals surface area (Å²) in [6.07, 6.45) is 4.80. The molecule has 3 heteroatoms. The lowest BCUT2D eigenvalue weighted by Gasteiger charge is -2.42. The van der Waals surface area contributed by atoms with E-state index in [0.717, 1.165) is 19.8 Å². The number of fused-ring (bicyclic) bond motifs is 1. The topological polar surface area (TPSA) is 24.5 Å². The minimum Gasteiger partial charge on any atom is -0.380 e. The van der Waals surface area contributed by atoms with Gasteiger partial charge in [0.2, 0.25) is 0 Å². The Morgan fingerprint density at radius 2 is 2.14 bits per heavy atom.